The van der Waals surface area contributed by atoms with Crippen LogP contribution >= 0.6 is 12.4 Å². The Kier molecular flexibility index (Phi) is 5.33. The number of carboxylic acid groups (broad SMARTS) is 1. The van der Waals surface area contributed by atoms with Gasteiger partial charge in [-0.1, -0.05) is 18.2 Å². The topological polar surface area (TPSA) is 55.1 Å². The number of halogens is 1. The van der Waals surface area contributed by atoms with Crippen molar-refractivity contribution in [2.24, 2.45) is 0 Å². The Morgan fingerprint density at radius 1 is 1.47 bits per heavy atom. The first-order valence-corrected chi connectivity index (χ1v) is 5.61. The molecule has 0 atom stereocenters. The van der Waals surface area contributed by atoms with Crippen LogP contribution in [-0.2, 0) is 11.3 Å². The lowest BCUT2D eigenvalue weighted by Gasteiger charge is -2.04. The summed E-state index contributed by atoms with van der Waals surface area (Å²) >= 11 is 0. The predicted octanol–water partition coefficient (Wildman–Crippen LogP) is 2.84. The summed E-state index contributed by atoms with van der Waals surface area (Å²) in [6.07, 6.45) is 7.05. The lowest BCUT2D eigenvalue weighted by Crippen LogP contribution is -1.97. The molecule has 0 unspecified atom stereocenters. The van der Waals surface area contributed by atoms with Gasteiger partial charge in [-0.25, -0.2) is 9.78 Å². The van der Waals surface area contributed by atoms with E-state index in [0.29, 0.717) is 5.57 Å². The minimum absolute atomic E-state index is 0. The van der Waals surface area contributed by atoms with E-state index in [2.05, 4.69) is 4.98 Å². The smallest absolute Gasteiger partial charge is 0.331 e. The van der Waals surface area contributed by atoms with Gasteiger partial charge in [-0.3, -0.25) is 0 Å². The number of hydrogen-bond donors (Lipinski definition) is 1. The van der Waals surface area contributed by atoms with Crippen LogP contribution in [0.1, 0.15) is 18.1 Å². The summed E-state index contributed by atoms with van der Waals surface area (Å²) in [7, 11) is 0. The van der Waals surface area contributed by atoms with Gasteiger partial charge in [-0.05, 0) is 30.2 Å². The molecule has 1 heterocycles. The fraction of sp³-hybridized carbons (Fsp3) is 0.143. The third-order valence-corrected chi connectivity index (χ3v) is 2.60. The van der Waals surface area contributed by atoms with E-state index in [9.17, 15) is 4.79 Å². The molecule has 0 aliphatic carbocycles. The van der Waals surface area contributed by atoms with Gasteiger partial charge in [-0.15, -0.1) is 12.4 Å². The number of hydrogen-bond acceptors (Lipinski definition) is 2. The van der Waals surface area contributed by atoms with Crippen LogP contribution in [0.25, 0.3) is 6.08 Å². The van der Waals surface area contributed by atoms with Crippen molar-refractivity contribution in [1.29, 1.82) is 0 Å². The summed E-state index contributed by atoms with van der Waals surface area (Å²) < 4.78 is 1.97. The SMILES string of the molecule is C/C(=C\c1cccc(Cn2ccnc2)c1)C(=O)O.Cl. The van der Waals surface area contributed by atoms with Crippen LogP contribution in [0.15, 0.2) is 48.6 Å². The number of aromatic nitrogens is 2. The Balaban J connectivity index is 0.00000180. The van der Waals surface area contributed by atoms with Crippen molar-refractivity contribution >= 4 is 24.5 Å². The fourth-order valence-corrected chi connectivity index (χ4v) is 1.68. The quantitative estimate of drug-likeness (QED) is 0.875. The third kappa shape index (κ3) is 4.26. The fourth-order valence-electron chi connectivity index (χ4n) is 1.68. The molecular weight excluding hydrogens is 264 g/mol. The second kappa shape index (κ2) is 6.75. The Bertz CT molecular complexity index is 577. The van der Waals surface area contributed by atoms with Gasteiger partial charge in [0.25, 0.3) is 0 Å². The average Bonchev–Trinajstić information content (AvgIpc) is 2.82. The van der Waals surface area contributed by atoms with Gasteiger partial charge in [0.15, 0.2) is 0 Å². The number of carbonyl (C=O) groups is 1. The second-order valence-corrected chi connectivity index (χ2v) is 4.11. The summed E-state index contributed by atoms with van der Waals surface area (Å²) in [5, 5.41) is 8.84. The highest BCUT2D eigenvalue weighted by Crippen LogP contribution is 2.11. The van der Waals surface area contributed by atoms with Crippen LogP contribution < -0.4 is 0 Å². The van der Waals surface area contributed by atoms with Gasteiger partial charge < -0.3 is 9.67 Å². The Labute approximate surface area is 117 Å². The lowest BCUT2D eigenvalue weighted by molar-refractivity contribution is -0.132. The standard InChI is InChI=1S/C14H14N2O2.ClH/c1-11(14(17)18)7-12-3-2-4-13(8-12)9-16-6-5-15-10-16;/h2-8,10H,9H2,1H3,(H,17,18);1H/b11-7+;. The Hall–Kier alpha value is -2.07. The molecule has 5 heteroatoms. The largest absolute Gasteiger partial charge is 0.478 e. The van der Waals surface area contributed by atoms with Gasteiger partial charge in [0.2, 0.25) is 0 Å². The first-order valence-electron chi connectivity index (χ1n) is 5.61. The third-order valence-electron chi connectivity index (χ3n) is 2.60. The minimum Gasteiger partial charge on any atom is -0.478 e. The predicted molar refractivity (Wildman–Crippen MR) is 76.3 cm³/mol. The highest BCUT2D eigenvalue weighted by molar-refractivity contribution is 5.91. The van der Waals surface area contributed by atoms with E-state index in [0.717, 1.165) is 17.7 Å². The molecule has 0 amide bonds. The van der Waals surface area contributed by atoms with Gasteiger partial charge in [0.1, 0.15) is 0 Å². The number of benzene rings is 1. The maximum Gasteiger partial charge on any atom is 0.331 e. The van der Waals surface area contributed by atoms with Crippen LogP contribution in [0.2, 0.25) is 0 Å². The molecule has 0 bridgehead atoms. The van der Waals surface area contributed by atoms with Crippen LogP contribution in [0.3, 0.4) is 0 Å². The first kappa shape index (κ1) is 15.0. The number of rotatable bonds is 4. The molecule has 0 saturated carbocycles. The van der Waals surface area contributed by atoms with Crippen molar-refractivity contribution in [3.63, 3.8) is 0 Å². The molecule has 2 rings (SSSR count). The van der Waals surface area contributed by atoms with E-state index in [-0.39, 0.29) is 12.4 Å². The summed E-state index contributed by atoms with van der Waals surface area (Å²) in [5.41, 5.74) is 2.34. The summed E-state index contributed by atoms with van der Waals surface area (Å²) in [6, 6.07) is 7.80. The summed E-state index contributed by atoms with van der Waals surface area (Å²) in [6.45, 7) is 2.32. The molecule has 19 heavy (non-hydrogen) atoms. The highest BCUT2D eigenvalue weighted by atomic mass is 35.5. The monoisotopic (exact) mass is 278 g/mol. The van der Waals surface area contributed by atoms with E-state index < -0.39 is 5.97 Å². The molecule has 1 aromatic heterocycles. The number of aliphatic carboxylic acids is 1. The average molecular weight is 279 g/mol. The van der Waals surface area contributed by atoms with Crippen molar-refractivity contribution < 1.29 is 9.90 Å². The summed E-state index contributed by atoms with van der Waals surface area (Å²) in [4.78, 5) is 14.7. The first-order chi connectivity index (χ1) is 8.65. The lowest BCUT2D eigenvalue weighted by atomic mass is 10.1. The normalized spacial score (nSPS) is 10.9. The molecule has 0 fully saturated rings. The Morgan fingerprint density at radius 2 is 2.26 bits per heavy atom. The van der Waals surface area contributed by atoms with Gasteiger partial charge in [0.05, 0.1) is 6.33 Å². The molecule has 100 valence electrons. The van der Waals surface area contributed by atoms with Crippen molar-refractivity contribution in [3.8, 4) is 0 Å². The van der Waals surface area contributed by atoms with E-state index in [1.165, 1.54) is 0 Å². The highest BCUT2D eigenvalue weighted by Gasteiger charge is 2.01. The van der Waals surface area contributed by atoms with Gasteiger partial charge in [0, 0.05) is 24.5 Å². The van der Waals surface area contributed by atoms with E-state index in [1.807, 2.05) is 35.0 Å². The van der Waals surface area contributed by atoms with Crippen molar-refractivity contribution in [2.45, 2.75) is 13.5 Å². The molecule has 0 spiro atoms. The molecule has 1 N–H and O–H groups in total. The van der Waals surface area contributed by atoms with E-state index in [1.54, 1.807) is 25.5 Å². The van der Waals surface area contributed by atoms with Crippen LogP contribution in [0, 0.1) is 0 Å². The van der Waals surface area contributed by atoms with Crippen molar-refractivity contribution in [1.82, 2.24) is 9.55 Å². The maximum absolute atomic E-state index is 10.8. The molecule has 0 aliphatic heterocycles. The minimum atomic E-state index is -0.894. The molecule has 2 aromatic rings. The zero-order valence-electron chi connectivity index (χ0n) is 10.5. The van der Waals surface area contributed by atoms with Gasteiger partial charge >= 0.3 is 5.97 Å². The van der Waals surface area contributed by atoms with Crippen LogP contribution in [0.5, 0.6) is 0 Å². The molecule has 1 aromatic carbocycles. The second-order valence-electron chi connectivity index (χ2n) is 4.11. The van der Waals surface area contributed by atoms with Crippen molar-refractivity contribution in [2.75, 3.05) is 0 Å². The van der Waals surface area contributed by atoms with E-state index in [4.69, 9.17) is 5.11 Å². The molecular formula is C14H15ClN2O2. The Morgan fingerprint density at radius 3 is 2.89 bits per heavy atom. The molecule has 0 radical (unpaired) electrons. The number of imidazole rings is 1. The zero-order chi connectivity index (χ0) is 13.0. The molecule has 4 nitrogen and oxygen atoms in total. The number of nitrogens with zero attached hydrogens (tertiary/aromatic N) is 2. The zero-order valence-corrected chi connectivity index (χ0v) is 11.3. The summed E-state index contributed by atoms with van der Waals surface area (Å²) in [5.74, 6) is -0.894. The van der Waals surface area contributed by atoms with Gasteiger partial charge in [-0.2, -0.15) is 0 Å². The molecule has 0 saturated heterocycles. The maximum atomic E-state index is 10.8. The van der Waals surface area contributed by atoms with E-state index >= 15 is 0 Å². The number of carboxylic acids is 1. The van der Waals surface area contributed by atoms with Crippen LogP contribution in [-0.4, -0.2) is 20.6 Å². The molecule has 0 aliphatic rings. The van der Waals surface area contributed by atoms with Crippen molar-refractivity contribution in [3.05, 3.63) is 59.7 Å². The van der Waals surface area contributed by atoms with Crippen LogP contribution in [0.4, 0.5) is 0 Å².